The molecular formula is C11H11Cl2NO2. The van der Waals surface area contributed by atoms with Gasteiger partial charge in [-0.3, -0.25) is 10.1 Å². The third-order valence-electron chi connectivity index (χ3n) is 2.69. The number of rotatable bonds is 1. The molecule has 1 aliphatic heterocycles. The van der Waals surface area contributed by atoms with Crippen molar-refractivity contribution < 1.29 is 9.90 Å². The fourth-order valence-corrected chi connectivity index (χ4v) is 2.73. The van der Waals surface area contributed by atoms with Crippen molar-refractivity contribution in [3.05, 3.63) is 33.3 Å². The highest BCUT2D eigenvalue weighted by atomic mass is 35.5. The number of nitrogens with one attached hydrogen (secondary N) is 1. The normalized spacial score (nSPS) is 23.9. The highest BCUT2D eigenvalue weighted by Gasteiger charge is 2.31. The lowest BCUT2D eigenvalue weighted by Gasteiger charge is -2.29. The van der Waals surface area contributed by atoms with E-state index in [1.54, 1.807) is 12.1 Å². The zero-order chi connectivity index (χ0) is 11.9. The summed E-state index contributed by atoms with van der Waals surface area (Å²) in [6.07, 6.45) is 0.736. The maximum absolute atomic E-state index is 11.1. The summed E-state index contributed by atoms with van der Waals surface area (Å²) in [5.41, 5.74) is 1.55. The summed E-state index contributed by atoms with van der Waals surface area (Å²) in [5.74, 6) is -0.919. The Hall–Kier alpha value is -0.770. The van der Waals surface area contributed by atoms with Crippen LogP contribution in [0.25, 0.3) is 0 Å². The lowest BCUT2D eigenvalue weighted by Crippen LogP contribution is -2.41. The number of carboxylic acids is 1. The molecule has 0 aromatic heterocycles. The molecule has 0 spiro atoms. The van der Waals surface area contributed by atoms with Gasteiger partial charge in [-0.15, -0.1) is 0 Å². The largest absolute Gasteiger partial charge is 0.480 e. The van der Waals surface area contributed by atoms with Crippen molar-refractivity contribution in [3.8, 4) is 0 Å². The van der Waals surface area contributed by atoms with Gasteiger partial charge in [-0.05, 0) is 31.0 Å². The molecule has 0 saturated heterocycles. The molecule has 0 bridgehead atoms. The van der Waals surface area contributed by atoms with Crippen LogP contribution in [0.15, 0.2) is 12.1 Å². The lowest BCUT2D eigenvalue weighted by atomic mass is 9.91. The van der Waals surface area contributed by atoms with Gasteiger partial charge in [0, 0.05) is 21.7 Å². The van der Waals surface area contributed by atoms with Crippen molar-refractivity contribution in [1.29, 1.82) is 0 Å². The third kappa shape index (κ3) is 2.03. The quantitative estimate of drug-likeness (QED) is 0.816. The van der Waals surface area contributed by atoms with Gasteiger partial charge in [0.15, 0.2) is 0 Å². The Kier molecular flexibility index (Phi) is 3.10. The maximum atomic E-state index is 11.1. The van der Waals surface area contributed by atoms with Crippen molar-refractivity contribution in [2.45, 2.75) is 25.4 Å². The fourth-order valence-electron chi connectivity index (χ4n) is 2.08. The van der Waals surface area contributed by atoms with Crippen LogP contribution in [-0.2, 0) is 11.2 Å². The maximum Gasteiger partial charge on any atom is 0.325 e. The molecule has 1 aromatic rings. The molecular weight excluding hydrogens is 249 g/mol. The predicted molar refractivity (Wildman–Crippen MR) is 63.1 cm³/mol. The Balaban J connectivity index is 2.56. The van der Waals surface area contributed by atoms with Gasteiger partial charge in [0.1, 0.15) is 6.04 Å². The van der Waals surface area contributed by atoms with Crippen molar-refractivity contribution in [3.63, 3.8) is 0 Å². The molecule has 2 N–H and O–H groups in total. The minimum absolute atomic E-state index is 0.100. The minimum Gasteiger partial charge on any atom is -0.480 e. The zero-order valence-corrected chi connectivity index (χ0v) is 10.1. The number of carboxylic acid groups (broad SMARTS) is 1. The van der Waals surface area contributed by atoms with Crippen LogP contribution in [0.5, 0.6) is 0 Å². The summed E-state index contributed by atoms with van der Waals surface area (Å²) >= 11 is 12.0. The average Bonchev–Trinajstić information content (AvgIpc) is 2.14. The van der Waals surface area contributed by atoms with Crippen LogP contribution < -0.4 is 5.32 Å². The fraction of sp³-hybridized carbons (Fsp3) is 0.364. The highest BCUT2D eigenvalue weighted by molar-refractivity contribution is 6.35. The first kappa shape index (κ1) is 11.7. The first-order valence-electron chi connectivity index (χ1n) is 4.95. The van der Waals surface area contributed by atoms with Crippen LogP contribution in [0, 0.1) is 0 Å². The van der Waals surface area contributed by atoms with E-state index in [1.807, 2.05) is 6.92 Å². The van der Waals surface area contributed by atoms with Crippen LogP contribution >= 0.6 is 23.2 Å². The Morgan fingerprint density at radius 2 is 2.19 bits per heavy atom. The van der Waals surface area contributed by atoms with E-state index in [0.29, 0.717) is 15.6 Å². The van der Waals surface area contributed by atoms with Gasteiger partial charge in [0.05, 0.1) is 0 Å². The topological polar surface area (TPSA) is 49.3 Å². The van der Waals surface area contributed by atoms with Gasteiger partial charge in [-0.2, -0.15) is 0 Å². The highest BCUT2D eigenvalue weighted by Crippen LogP contribution is 2.34. The molecule has 16 heavy (non-hydrogen) atoms. The molecule has 2 unspecified atom stereocenters. The van der Waals surface area contributed by atoms with E-state index in [9.17, 15) is 4.79 Å². The Labute approximate surface area is 103 Å². The van der Waals surface area contributed by atoms with Crippen molar-refractivity contribution in [1.82, 2.24) is 5.32 Å². The second-order valence-electron chi connectivity index (χ2n) is 4.00. The Morgan fingerprint density at radius 3 is 2.81 bits per heavy atom. The van der Waals surface area contributed by atoms with E-state index in [4.69, 9.17) is 28.3 Å². The average molecular weight is 260 g/mol. The minimum atomic E-state index is -0.919. The number of hydrogen-bond donors (Lipinski definition) is 2. The van der Waals surface area contributed by atoms with E-state index in [0.717, 1.165) is 12.0 Å². The first-order valence-corrected chi connectivity index (χ1v) is 5.71. The molecule has 0 saturated carbocycles. The molecule has 3 nitrogen and oxygen atoms in total. The number of benzene rings is 1. The number of halogens is 2. The molecule has 1 aliphatic rings. The monoisotopic (exact) mass is 259 g/mol. The molecule has 2 atom stereocenters. The van der Waals surface area contributed by atoms with E-state index >= 15 is 0 Å². The molecule has 1 aromatic carbocycles. The van der Waals surface area contributed by atoms with E-state index in [-0.39, 0.29) is 6.04 Å². The summed E-state index contributed by atoms with van der Waals surface area (Å²) in [5, 5.41) is 13.1. The molecule has 2 rings (SSSR count). The van der Waals surface area contributed by atoms with Gasteiger partial charge in [-0.1, -0.05) is 23.2 Å². The van der Waals surface area contributed by atoms with E-state index in [2.05, 4.69) is 5.32 Å². The molecule has 86 valence electrons. The standard InChI is InChI=1S/C11H11Cl2NO2/c1-5-2-6-3-7(12)4-8(13)9(6)10(14-5)11(15)16/h3-5,10,14H,2H2,1H3,(H,15,16). The van der Waals surface area contributed by atoms with Gasteiger partial charge in [0.25, 0.3) is 0 Å². The molecule has 0 amide bonds. The van der Waals surface area contributed by atoms with Gasteiger partial charge >= 0.3 is 5.97 Å². The van der Waals surface area contributed by atoms with Crippen LogP contribution in [0.4, 0.5) is 0 Å². The van der Waals surface area contributed by atoms with Crippen molar-refractivity contribution in [2.75, 3.05) is 0 Å². The lowest BCUT2D eigenvalue weighted by molar-refractivity contribution is -0.140. The molecule has 0 fully saturated rings. The molecule has 5 heteroatoms. The SMILES string of the molecule is CC1Cc2cc(Cl)cc(Cl)c2C(C(=O)O)N1. The summed E-state index contributed by atoms with van der Waals surface area (Å²) in [6, 6.07) is 2.72. The van der Waals surface area contributed by atoms with Crippen molar-refractivity contribution >= 4 is 29.2 Å². The Morgan fingerprint density at radius 1 is 1.50 bits per heavy atom. The van der Waals surface area contributed by atoms with Gasteiger partial charge < -0.3 is 5.11 Å². The molecule has 0 radical (unpaired) electrons. The second-order valence-corrected chi connectivity index (χ2v) is 4.85. The molecule has 1 heterocycles. The summed E-state index contributed by atoms with van der Waals surface area (Å²) < 4.78 is 0. The zero-order valence-electron chi connectivity index (χ0n) is 8.63. The summed E-state index contributed by atoms with van der Waals surface area (Å²) in [7, 11) is 0. The van der Waals surface area contributed by atoms with Crippen LogP contribution in [-0.4, -0.2) is 17.1 Å². The molecule has 0 aliphatic carbocycles. The third-order valence-corrected chi connectivity index (χ3v) is 3.22. The summed E-state index contributed by atoms with van der Waals surface area (Å²) in [6.45, 7) is 1.94. The van der Waals surface area contributed by atoms with Gasteiger partial charge in [0.2, 0.25) is 0 Å². The number of fused-ring (bicyclic) bond motifs is 1. The van der Waals surface area contributed by atoms with E-state index < -0.39 is 12.0 Å². The van der Waals surface area contributed by atoms with Gasteiger partial charge in [-0.25, -0.2) is 0 Å². The Bertz CT molecular complexity index is 448. The van der Waals surface area contributed by atoms with E-state index in [1.165, 1.54) is 0 Å². The predicted octanol–water partition coefficient (Wildman–Crippen LogP) is 2.65. The van der Waals surface area contributed by atoms with Crippen molar-refractivity contribution in [2.24, 2.45) is 0 Å². The first-order chi connectivity index (χ1) is 7.49. The number of carbonyl (C=O) groups is 1. The number of aliphatic carboxylic acids is 1. The van der Waals surface area contributed by atoms with Crippen LogP contribution in [0.3, 0.4) is 0 Å². The van der Waals surface area contributed by atoms with Crippen LogP contribution in [0.1, 0.15) is 24.1 Å². The smallest absolute Gasteiger partial charge is 0.325 e. The number of hydrogen-bond acceptors (Lipinski definition) is 2. The van der Waals surface area contributed by atoms with Crippen LogP contribution in [0.2, 0.25) is 10.0 Å². The summed E-state index contributed by atoms with van der Waals surface area (Å²) in [4.78, 5) is 11.1. The second kappa shape index (κ2) is 4.24.